The lowest BCUT2D eigenvalue weighted by molar-refractivity contribution is -0.150. The lowest BCUT2D eigenvalue weighted by atomic mass is 10.1. The predicted molar refractivity (Wildman–Crippen MR) is 70.3 cm³/mol. The van der Waals surface area contributed by atoms with E-state index >= 15 is 0 Å². The monoisotopic (exact) mass is 298 g/mol. The summed E-state index contributed by atoms with van der Waals surface area (Å²) in [6.07, 6.45) is -0.852. The Kier molecular flexibility index (Phi) is 5.05. The Morgan fingerprint density at radius 3 is 2.90 bits per heavy atom. The van der Waals surface area contributed by atoms with Crippen molar-refractivity contribution >= 4 is 5.97 Å². The van der Waals surface area contributed by atoms with Crippen LogP contribution in [0.4, 0.5) is 0 Å². The second-order valence-corrected chi connectivity index (χ2v) is 4.79. The number of nitrogens with zero attached hydrogens (tertiary/aromatic N) is 2. The van der Waals surface area contributed by atoms with Gasteiger partial charge in [0.15, 0.2) is 6.23 Å². The maximum Gasteiger partial charge on any atom is 0.349 e. The molecule has 1 aromatic heterocycles. The molecule has 2 heterocycles. The van der Waals surface area contributed by atoms with Gasteiger partial charge < -0.3 is 19.7 Å². The molecule has 1 saturated heterocycles. The highest BCUT2D eigenvalue weighted by atomic mass is 16.6. The number of aliphatic hydroxyl groups excluding tert-OH is 2. The minimum atomic E-state index is -1.30. The average molecular weight is 298 g/mol. The van der Waals surface area contributed by atoms with Crippen molar-refractivity contribution < 1.29 is 24.5 Å². The number of aromatic nitrogens is 2. The molecule has 8 heteroatoms. The van der Waals surface area contributed by atoms with Crippen LogP contribution < -0.4 is 5.69 Å². The van der Waals surface area contributed by atoms with Crippen LogP contribution in [0.1, 0.15) is 26.0 Å². The van der Waals surface area contributed by atoms with Crippen LogP contribution in [0.2, 0.25) is 0 Å². The summed E-state index contributed by atoms with van der Waals surface area (Å²) in [5.41, 5.74) is -0.600. The number of hydrogen-bond donors (Lipinski definition) is 2. The van der Waals surface area contributed by atoms with Crippen LogP contribution in [0.3, 0.4) is 0 Å². The molecule has 116 valence electrons. The first-order valence-electron chi connectivity index (χ1n) is 6.75. The quantitative estimate of drug-likeness (QED) is 0.685. The number of aliphatic hydroxyl groups is 2. The Morgan fingerprint density at radius 1 is 1.48 bits per heavy atom. The Hall–Kier alpha value is -1.77. The molecule has 1 aromatic rings. The van der Waals surface area contributed by atoms with Crippen LogP contribution >= 0.6 is 0 Å². The zero-order valence-corrected chi connectivity index (χ0v) is 11.6. The standard InChI is InChI=1S/C13H18N2O6/c1-2-4-9(16)20-7-8-10(17)11(18)12(21-8)15-6-3-5-14-13(15)19/h3,5-6,8,10-12,17-18H,2,4,7H2,1H3/t8-,10?,11?,12-/m1/s1. The van der Waals surface area contributed by atoms with E-state index in [-0.39, 0.29) is 13.0 Å². The molecule has 0 aliphatic carbocycles. The van der Waals surface area contributed by atoms with Gasteiger partial charge >= 0.3 is 11.7 Å². The summed E-state index contributed by atoms with van der Waals surface area (Å²) >= 11 is 0. The molecule has 1 fully saturated rings. The van der Waals surface area contributed by atoms with Gasteiger partial charge in [-0.05, 0) is 12.5 Å². The van der Waals surface area contributed by atoms with Crippen LogP contribution in [0, 0.1) is 0 Å². The molecule has 0 spiro atoms. The van der Waals surface area contributed by atoms with Gasteiger partial charge in [0.25, 0.3) is 0 Å². The predicted octanol–water partition coefficient (Wildman–Crippen LogP) is -0.794. The second-order valence-electron chi connectivity index (χ2n) is 4.79. The van der Waals surface area contributed by atoms with E-state index in [4.69, 9.17) is 9.47 Å². The number of carbonyl (C=O) groups excluding carboxylic acids is 1. The van der Waals surface area contributed by atoms with Crippen molar-refractivity contribution in [2.45, 2.75) is 44.3 Å². The molecule has 2 N–H and O–H groups in total. The third-order valence-electron chi connectivity index (χ3n) is 3.21. The second kappa shape index (κ2) is 6.79. The molecule has 2 rings (SSSR count). The summed E-state index contributed by atoms with van der Waals surface area (Å²) in [6.45, 7) is 1.67. The van der Waals surface area contributed by atoms with E-state index in [1.54, 1.807) is 0 Å². The summed E-state index contributed by atoms with van der Waals surface area (Å²) in [5, 5.41) is 19.9. The summed E-state index contributed by atoms with van der Waals surface area (Å²) in [6, 6.07) is 1.51. The summed E-state index contributed by atoms with van der Waals surface area (Å²) in [7, 11) is 0. The van der Waals surface area contributed by atoms with Gasteiger partial charge in [0.2, 0.25) is 0 Å². The fourth-order valence-corrected chi connectivity index (χ4v) is 2.11. The largest absolute Gasteiger partial charge is 0.463 e. The highest BCUT2D eigenvalue weighted by Gasteiger charge is 2.44. The Labute approximate surface area is 120 Å². The van der Waals surface area contributed by atoms with E-state index in [1.165, 1.54) is 18.5 Å². The lowest BCUT2D eigenvalue weighted by Crippen LogP contribution is -2.36. The van der Waals surface area contributed by atoms with Crippen molar-refractivity contribution in [1.29, 1.82) is 0 Å². The fourth-order valence-electron chi connectivity index (χ4n) is 2.11. The average Bonchev–Trinajstić information content (AvgIpc) is 2.74. The molecule has 0 radical (unpaired) electrons. The van der Waals surface area contributed by atoms with E-state index in [1.807, 2.05) is 6.92 Å². The number of ether oxygens (including phenoxy) is 2. The van der Waals surface area contributed by atoms with E-state index in [0.29, 0.717) is 6.42 Å². The molecule has 0 saturated carbocycles. The Bertz CT molecular complexity index is 545. The minimum absolute atomic E-state index is 0.178. The van der Waals surface area contributed by atoms with Gasteiger partial charge in [-0.2, -0.15) is 0 Å². The molecular weight excluding hydrogens is 280 g/mol. The molecule has 4 atom stereocenters. The first-order valence-corrected chi connectivity index (χ1v) is 6.75. The van der Waals surface area contributed by atoms with Crippen LogP contribution in [0.5, 0.6) is 0 Å². The van der Waals surface area contributed by atoms with Gasteiger partial charge in [-0.1, -0.05) is 6.92 Å². The van der Waals surface area contributed by atoms with E-state index in [2.05, 4.69) is 4.98 Å². The molecular formula is C13H18N2O6. The summed E-state index contributed by atoms with van der Waals surface area (Å²) in [5.74, 6) is -0.398. The maximum atomic E-state index is 11.6. The van der Waals surface area contributed by atoms with Crippen molar-refractivity contribution in [3.63, 3.8) is 0 Å². The smallest absolute Gasteiger partial charge is 0.349 e. The number of rotatable bonds is 5. The van der Waals surface area contributed by atoms with E-state index in [0.717, 1.165) is 4.57 Å². The van der Waals surface area contributed by atoms with Crippen molar-refractivity contribution in [3.05, 3.63) is 28.9 Å². The molecule has 2 unspecified atom stereocenters. The highest BCUT2D eigenvalue weighted by Crippen LogP contribution is 2.28. The topological polar surface area (TPSA) is 111 Å². The van der Waals surface area contributed by atoms with Gasteiger partial charge in [-0.15, -0.1) is 0 Å². The van der Waals surface area contributed by atoms with Crippen LogP contribution in [-0.4, -0.2) is 50.7 Å². The van der Waals surface area contributed by atoms with Gasteiger partial charge in [0.05, 0.1) is 0 Å². The van der Waals surface area contributed by atoms with Gasteiger partial charge in [0.1, 0.15) is 24.9 Å². The van der Waals surface area contributed by atoms with E-state index < -0.39 is 36.2 Å². The third-order valence-corrected chi connectivity index (χ3v) is 3.21. The molecule has 21 heavy (non-hydrogen) atoms. The zero-order chi connectivity index (χ0) is 15.4. The Balaban J connectivity index is 2.03. The third kappa shape index (κ3) is 3.46. The van der Waals surface area contributed by atoms with Crippen molar-refractivity contribution in [2.75, 3.05) is 6.61 Å². The fraction of sp³-hybridized carbons (Fsp3) is 0.615. The molecule has 1 aliphatic rings. The lowest BCUT2D eigenvalue weighted by Gasteiger charge is -2.16. The summed E-state index contributed by atoms with van der Waals surface area (Å²) in [4.78, 5) is 26.5. The Morgan fingerprint density at radius 2 is 2.24 bits per heavy atom. The first-order chi connectivity index (χ1) is 10.0. The molecule has 0 amide bonds. The number of hydrogen-bond acceptors (Lipinski definition) is 7. The van der Waals surface area contributed by atoms with E-state index in [9.17, 15) is 19.8 Å². The van der Waals surface area contributed by atoms with Crippen molar-refractivity contribution in [2.24, 2.45) is 0 Å². The SMILES string of the molecule is CCCC(=O)OC[C@H]1O[C@@H](n2cccnc2=O)C(O)C1O. The van der Waals surface area contributed by atoms with Crippen molar-refractivity contribution in [3.8, 4) is 0 Å². The van der Waals surface area contributed by atoms with Crippen molar-refractivity contribution in [1.82, 2.24) is 9.55 Å². The van der Waals surface area contributed by atoms with Crippen LogP contribution in [0.15, 0.2) is 23.3 Å². The minimum Gasteiger partial charge on any atom is -0.463 e. The van der Waals surface area contributed by atoms with Crippen LogP contribution in [0.25, 0.3) is 0 Å². The first kappa shape index (κ1) is 15.6. The summed E-state index contributed by atoms with van der Waals surface area (Å²) < 4.78 is 11.5. The molecule has 0 bridgehead atoms. The normalized spacial score (nSPS) is 28.5. The van der Waals surface area contributed by atoms with Gasteiger partial charge in [-0.25, -0.2) is 9.78 Å². The molecule has 0 aromatic carbocycles. The maximum absolute atomic E-state index is 11.6. The molecule has 1 aliphatic heterocycles. The number of carbonyl (C=O) groups is 1. The van der Waals surface area contributed by atoms with Gasteiger partial charge in [0, 0.05) is 18.8 Å². The van der Waals surface area contributed by atoms with Gasteiger partial charge in [-0.3, -0.25) is 9.36 Å². The molecule has 8 nitrogen and oxygen atoms in total. The number of esters is 1. The highest BCUT2D eigenvalue weighted by molar-refractivity contribution is 5.69. The van der Waals surface area contributed by atoms with Crippen LogP contribution in [-0.2, 0) is 14.3 Å². The zero-order valence-electron chi connectivity index (χ0n) is 11.6.